The Bertz CT molecular complexity index is 233. The number of nitrogens with zero attached hydrogens (tertiary/aromatic N) is 1. The van der Waals surface area contributed by atoms with E-state index in [1.807, 2.05) is 19.9 Å². The predicted octanol–water partition coefficient (Wildman–Crippen LogP) is 1.19. The van der Waals surface area contributed by atoms with Gasteiger partial charge in [0.25, 0.3) is 0 Å². The van der Waals surface area contributed by atoms with Gasteiger partial charge in [0.1, 0.15) is 0 Å². The van der Waals surface area contributed by atoms with Crippen molar-refractivity contribution < 1.29 is 5.11 Å². The van der Waals surface area contributed by atoms with E-state index in [-0.39, 0.29) is 6.61 Å². The summed E-state index contributed by atoms with van der Waals surface area (Å²) in [6.07, 6.45) is 1.78. The van der Waals surface area contributed by atoms with Crippen molar-refractivity contribution in [1.29, 1.82) is 0 Å². The Morgan fingerprint density at radius 1 is 1.50 bits per heavy atom. The van der Waals surface area contributed by atoms with Gasteiger partial charge in [-0.2, -0.15) is 0 Å². The highest BCUT2D eigenvalue weighted by Crippen LogP contribution is 2.06. The number of hydrogen-bond donors (Lipinski definition) is 1. The molecule has 0 bridgehead atoms. The molecule has 1 aromatic heterocycles. The average molecular weight is 137 g/mol. The maximum Gasteiger partial charge on any atom is 0.0685 e. The molecule has 0 aromatic carbocycles. The summed E-state index contributed by atoms with van der Waals surface area (Å²) in [5.41, 5.74) is 2.97. The van der Waals surface area contributed by atoms with Gasteiger partial charge in [0.2, 0.25) is 0 Å². The van der Waals surface area contributed by atoms with Gasteiger partial charge in [0.05, 0.1) is 6.61 Å². The summed E-state index contributed by atoms with van der Waals surface area (Å²) in [6, 6.07) is 1.90. The Morgan fingerprint density at radius 3 is 2.70 bits per heavy atom. The average Bonchev–Trinajstić information content (AvgIpc) is 1.94. The number of aryl methyl sites for hydroxylation is 2. The minimum Gasteiger partial charge on any atom is -0.392 e. The summed E-state index contributed by atoms with van der Waals surface area (Å²) < 4.78 is 0. The fraction of sp³-hybridized carbons (Fsp3) is 0.375. The van der Waals surface area contributed by atoms with Crippen LogP contribution in [0.15, 0.2) is 12.3 Å². The molecule has 0 radical (unpaired) electrons. The minimum absolute atomic E-state index is 0.106. The molecule has 0 saturated heterocycles. The summed E-state index contributed by atoms with van der Waals surface area (Å²) in [5, 5.41) is 8.82. The molecule has 0 spiro atoms. The van der Waals surface area contributed by atoms with Crippen LogP contribution in [0.1, 0.15) is 16.8 Å². The van der Waals surface area contributed by atoms with Gasteiger partial charge in [-0.1, -0.05) is 0 Å². The molecule has 0 amide bonds. The van der Waals surface area contributed by atoms with Crippen molar-refractivity contribution in [2.45, 2.75) is 20.5 Å². The molecule has 1 rings (SSSR count). The summed E-state index contributed by atoms with van der Waals surface area (Å²) in [4.78, 5) is 4.08. The Hall–Kier alpha value is -0.890. The maximum atomic E-state index is 8.82. The number of aliphatic hydroxyl groups is 1. The summed E-state index contributed by atoms with van der Waals surface area (Å²) in [7, 11) is 0. The normalized spacial score (nSPS) is 9.90. The van der Waals surface area contributed by atoms with Crippen molar-refractivity contribution in [2.24, 2.45) is 0 Å². The van der Waals surface area contributed by atoms with Crippen LogP contribution in [0, 0.1) is 13.8 Å². The van der Waals surface area contributed by atoms with Crippen LogP contribution >= 0.6 is 0 Å². The molecule has 0 aliphatic rings. The van der Waals surface area contributed by atoms with Gasteiger partial charge < -0.3 is 5.11 Å². The molecule has 0 atom stereocenters. The third kappa shape index (κ3) is 1.33. The Kier molecular flexibility index (Phi) is 2.02. The minimum atomic E-state index is 0.106. The first-order valence-electron chi connectivity index (χ1n) is 3.27. The summed E-state index contributed by atoms with van der Waals surface area (Å²) in [5.74, 6) is 0. The van der Waals surface area contributed by atoms with E-state index in [9.17, 15) is 0 Å². The van der Waals surface area contributed by atoms with E-state index in [1.54, 1.807) is 6.20 Å². The first-order valence-corrected chi connectivity index (χ1v) is 3.27. The quantitative estimate of drug-likeness (QED) is 0.630. The van der Waals surface area contributed by atoms with Crippen LogP contribution in [0.25, 0.3) is 0 Å². The maximum absolute atomic E-state index is 8.82. The zero-order valence-corrected chi connectivity index (χ0v) is 6.26. The van der Waals surface area contributed by atoms with Crippen LogP contribution in [-0.2, 0) is 6.61 Å². The van der Waals surface area contributed by atoms with Gasteiger partial charge >= 0.3 is 0 Å². The van der Waals surface area contributed by atoms with E-state index in [0.717, 1.165) is 16.8 Å². The smallest absolute Gasteiger partial charge is 0.0685 e. The molecule has 0 unspecified atom stereocenters. The number of rotatable bonds is 1. The molecule has 2 nitrogen and oxygen atoms in total. The molecule has 0 aliphatic carbocycles. The summed E-state index contributed by atoms with van der Waals surface area (Å²) in [6.45, 7) is 3.96. The van der Waals surface area contributed by atoms with E-state index in [1.165, 1.54) is 0 Å². The van der Waals surface area contributed by atoms with E-state index < -0.39 is 0 Å². The monoisotopic (exact) mass is 137 g/mol. The highest BCUT2D eigenvalue weighted by atomic mass is 16.3. The lowest BCUT2D eigenvalue weighted by Crippen LogP contribution is -1.91. The lowest BCUT2D eigenvalue weighted by Gasteiger charge is -2.00. The molecule has 1 aromatic rings. The van der Waals surface area contributed by atoms with E-state index in [0.29, 0.717) is 0 Å². The first kappa shape index (κ1) is 7.22. The Morgan fingerprint density at radius 2 is 2.20 bits per heavy atom. The summed E-state index contributed by atoms with van der Waals surface area (Å²) >= 11 is 0. The molecule has 54 valence electrons. The van der Waals surface area contributed by atoms with Gasteiger partial charge in [0, 0.05) is 11.9 Å². The number of hydrogen-bond acceptors (Lipinski definition) is 2. The van der Waals surface area contributed by atoms with Gasteiger partial charge in [-0.3, -0.25) is 4.98 Å². The van der Waals surface area contributed by atoms with Gasteiger partial charge in [-0.15, -0.1) is 0 Å². The van der Waals surface area contributed by atoms with E-state index in [2.05, 4.69) is 4.98 Å². The van der Waals surface area contributed by atoms with Crippen LogP contribution in [0.4, 0.5) is 0 Å². The number of aliphatic hydroxyl groups excluding tert-OH is 1. The fourth-order valence-electron chi connectivity index (χ4n) is 0.855. The van der Waals surface area contributed by atoms with E-state index in [4.69, 9.17) is 5.11 Å². The molecule has 1 N–H and O–H groups in total. The standard InChI is InChI=1S/C8H11NO/c1-6-4-9-7(2)3-8(6)5-10/h3-4,10H,5H2,1-2H3. The third-order valence-electron chi connectivity index (χ3n) is 1.52. The molecule has 0 aliphatic heterocycles. The molecule has 0 saturated carbocycles. The van der Waals surface area contributed by atoms with Gasteiger partial charge in [-0.05, 0) is 31.0 Å². The van der Waals surface area contributed by atoms with Crippen LogP contribution in [-0.4, -0.2) is 10.1 Å². The first-order chi connectivity index (χ1) is 4.74. The van der Waals surface area contributed by atoms with Gasteiger partial charge in [0.15, 0.2) is 0 Å². The number of aromatic nitrogens is 1. The predicted molar refractivity (Wildman–Crippen MR) is 39.6 cm³/mol. The van der Waals surface area contributed by atoms with Crippen molar-refractivity contribution in [2.75, 3.05) is 0 Å². The van der Waals surface area contributed by atoms with Crippen molar-refractivity contribution in [1.82, 2.24) is 4.98 Å². The van der Waals surface area contributed by atoms with E-state index >= 15 is 0 Å². The SMILES string of the molecule is Cc1cc(CO)c(C)cn1. The lowest BCUT2D eigenvalue weighted by atomic mass is 10.1. The Balaban J connectivity index is 3.09. The molecule has 1 heterocycles. The second kappa shape index (κ2) is 2.80. The zero-order chi connectivity index (χ0) is 7.56. The highest BCUT2D eigenvalue weighted by molar-refractivity contribution is 5.23. The van der Waals surface area contributed by atoms with Crippen LogP contribution < -0.4 is 0 Å². The lowest BCUT2D eigenvalue weighted by molar-refractivity contribution is 0.281. The third-order valence-corrected chi connectivity index (χ3v) is 1.52. The van der Waals surface area contributed by atoms with Crippen molar-refractivity contribution in [3.63, 3.8) is 0 Å². The topological polar surface area (TPSA) is 33.1 Å². The molecule has 0 fully saturated rings. The molecular weight excluding hydrogens is 126 g/mol. The Labute approximate surface area is 60.5 Å². The van der Waals surface area contributed by atoms with Gasteiger partial charge in [-0.25, -0.2) is 0 Å². The molecule has 2 heteroatoms. The molecular formula is C8H11NO. The van der Waals surface area contributed by atoms with Crippen molar-refractivity contribution >= 4 is 0 Å². The largest absolute Gasteiger partial charge is 0.392 e. The highest BCUT2D eigenvalue weighted by Gasteiger charge is 1.95. The zero-order valence-electron chi connectivity index (χ0n) is 6.26. The number of pyridine rings is 1. The second-order valence-corrected chi connectivity index (χ2v) is 2.41. The van der Waals surface area contributed by atoms with Crippen LogP contribution in [0.2, 0.25) is 0 Å². The van der Waals surface area contributed by atoms with Crippen molar-refractivity contribution in [3.8, 4) is 0 Å². The van der Waals surface area contributed by atoms with Crippen LogP contribution in [0.5, 0.6) is 0 Å². The fourth-order valence-corrected chi connectivity index (χ4v) is 0.855. The van der Waals surface area contributed by atoms with Crippen LogP contribution in [0.3, 0.4) is 0 Å². The molecule has 10 heavy (non-hydrogen) atoms. The second-order valence-electron chi connectivity index (χ2n) is 2.41. The van der Waals surface area contributed by atoms with Crippen molar-refractivity contribution in [3.05, 3.63) is 29.1 Å².